The van der Waals surface area contributed by atoms with Gasteiger partial charge in [-0.05, 0) is 42.2 Å². The van der Waals surface area contributed by atoms with Crippen LogP contribution >= 0.6 is 0 Å². The largest absolute Gasteiger partial charge is 0.489 e. The summed E-state index contributed by atoms with van der Waals surface area (Å²) in [6.45, 7) is 10.0. The molecule has 2 aromatic rings. The van der Waals surface area contributed by atoms with Gasteiger partial charge in [0.1, 0.15) is 12.4 Å². The Hall–Kier alpha value is -2.33. The minimum Gasteiger partial charge on any atom is -0.489 e. The first kappa shape index (κ1) is 19.0. The molecule has 0 bridgehead atoms. The maximum Gasteiger partial charge on any atom is 0.255 e. The van der Waals surface area contributed by atoms with Gasteiger partial charge in [0, 0.05) is 12.2 Å². The Labute approximate surface area is 150 Å². The Morgan fingerprint density at radius 2 is 1.68 bits per heavy atom. The van der Waals surface area contributed by atoms with Crippen molar-refractivity contribution >= 4 is 11.6 Å². The summed E-state index contributed by atoms with van der Waals surface area (Å²) in [5, 5.41) is 2.92. The molecule has 0 spiro atoms. The number of carbonyl (C=O) groups is 1. The Morgan fingerprint density at radius 1 is 1.00 bits per heavy atom. The van der Waals surface area contributed by atoms with Crippen LogP contribution in [0.4, 0.5) is 5.69 Å². The Bertz CT molecular complexity index is 687. The molecule has 0 fully saturated rings. The molecule has 134 valence electrons. The maximum absolute atomic E-state index is 12.5. The summed E-state index contributed by atoms with van der Waals surface area (Å²) in [6.07, 6.45) is 0. The average molecular weight is 341 g/mol. The van der Waals surface area contributed by atoms with E-state index in [1.54, 1.807) is 0 Å². The van der Waals surface area contributed by atoms with Crippen molar-refractivity contribution in [3.8, 4) is 5.75 Å². The molecule has 0 aliphatic heterocycles. The second-order valence-electron chi connectivity index (χ2n) is 6.82. The zero-order valence-electron chi connectivity index (χ0n) is 15.5. The lowest BCUT2D eigenvalue weighted by atomic mass is 9.87. The number of ether oxygens (including phenoxy) is 2. The van der Waals surface area contributed by atoms with E-state index >= 15 is 0 Å². The molecule has 0 unspecified atom stereocenters. The molecule has 1 amide bonds. The molecular formula is C21H27NO3. The number of hydrogen-bond donors (Lipinski definition) is 1. The highest BCUT2D eigenvalue weighted by Gasteiger charge is 2.15. The number of rotatable bonds is 7. The molecule has 0 radical (unpaired) electrons. The summed E-state index contributed by atoms with van der Waals surface area (Å²) in [6, 6.07) is 15.1. The van der Waals surface area contributed by atoms with Crippen molar-refractivity contribution in [2.45, 2.75) is 33.1 Å². The summed E-state index contributed by atoms with van der Waals surface area (Å²) in [4.78, 5) is 12.5. The highest BCUT2D eigenvalue weighted by atomic mass is 16.5. The minimum absolute atomic E-state index is 0.0655. The van der Waals surface area contributed by atoms with Gasteiger partial charge in [0.2, 0.25) is 0 Å². The van der Waals surface area contributed by atoms with E-state index in [0.717, 1.165) is 0 Å². The van der Waals surface area contributed by atoms with E-state index in [2.05, 4.69) is 26.1 Å². The summed E-state index contributed by atoms with van der Waals surface area (Å²) in [5.74, 6) is 0.489. The van der Waals surface area contributed by atoms with Gasteiger partial charge in [-0.25, -0.2) is 0 Å². The molecule has 0 aliphatic rings. The average Bonchev–Trinajstić information content (AvgIpc) is 2.59. The molecule has 0 atom stereocenters. The fourth-order valence-electron chi connectivity index (χ4n) is 2.37. The molecule has 4 nitrogen and oxygen atoms in total. The lowest BCUT2D eigenvalue weighted by molar-refractivity contribution is 0.102. The summed E-state index contributed by atoms with van der Waals surface area (Å²) < 4.78 is 11.0. The molecule has 1 N–H and O–H groups in total. The third-order valence-corrected chi connectivity index (χ3v) is 3.84. The maximum atomic E-state index is 12.5. The van der Waals surface area contributed by atoms with Crippen LogP contribution < -0.4 is 10.1 Å². The van der Waals surface area contributed by atoms with E-state index in [4.69, 9.17) is 9.47 Å². The van der Waals surface area contributed by atoms with Crippen LogP contribution in [0.25, 0.3) is 0 Å². The highest BCUT2D eigenvalue weighted by Crippen LogP contribution is 2.25. The zero-order valence-corrected chi connectivity index (χ0v) is 15.5. The number of carbonyl (C=O) groups excluding carboxylic acids is 1. The Morgan fingerprint density at radius 3 is 2.32 bits per heavy atom. The Balaban J connectivity index is 2.05. The number of nitrogens with one attached hydrogen (secondary N) is 1. The molecule has 0 saturated carbocycles. The number of benzene rings is 2. The number of anilines is 1. The van der Waals surface area contributed by atoms with E-state index in [1.807, 2.05) is 55.5 Å². The van der Waals surface area contributed by atoms with E-state index in [-0.39, 0.29) is 11.3 Å². The third kappa shape index (κ3) is 5.61. The van der Waals surface area contributed by atoms with E-state index in [1.165, 1.54) is 5.56 Å². The predicted molar refractivity (Wildman–Crippen MR) is 102 cm³/mol. The van der Waals surface area contributed by atoms with Gasteiger partial charge in [-0.2, -0.15) is 0 Å². The van der Waals surface area contributed by atoms with Crippen molar-refractivity contribution in [1.82, 2.24) is 0 Å². The molecule has 0 heterocycles. The topological polar surface area (TPSA) is 47.6 Å². The van der Waals surface area contributed by atoms with Gasteiger partial charge in [0.05, 0.1) is 12.3 Å². The first-order chi connectivity index (χ1) is 11.9. The van der Waals surface area contributed by atoms with E-state index in [9.17, 15) is 4.79 Å². The lowest BCUT2D eigenvalue weighted by Crippen LogP contribution is -2.15. The van der Waals surface area contributed by atoms with Crippen molar-refractivity contribution in [3.63, 3.8) is 0 Å². The number of hydrogen-bond acceptors (Lipinski definition) is 3. The van der Waals surface area contributed by atoms with Gasteiger partial charge in [-0.15, -0.1) is 0 Å². The van der Waals surface area contributed by atoms with Crippen LogP contribution in [-0.4, -0.2) is 25.7 Å². The standard InChI is InChI=1S/C21H27NO3/c1-5-24-14-15-25-19-9-7-6-8-18(19)22-20(23)16-10-12-17(13-11-16)21(2,3)4/h6-13H,5,14-15H2,1-4H3,(H,22,23). The Kier molecular flexibility index (Phi) is 6.59. The van der Waals surface area contributed by atoms with Gasteiger partial charge >= 0.3 is 0 Å². The van der Waals surface area contributed by atoms with Crippen molar-refractivity contribution in [3.05, 3.63) is 59.7 Å². The van der Waals surface area contributed by atoms with Crippen LogP contribution in [0.1, 0.15) is 43.6 Å². The zero-order chi connectivity index (χ0) is 18.3. The molecule has 2 rings (SSSR count). The quantitative estimate of drug-likeness (QED) is 0.746. The first-order valence-electron chi connectivity index (χ1n) is 8.63. The number of amides is 1. The smallest absolute Gasteiger partial charge is 0.255 e. The molecule has 0 aliphatic carbocycles. The summed E-state index contributed by atoms with van der Waals surface area (Å²) in [7, 11) is 0. The van der Waals surface area contributed by atoms with Crippen LogP contribution in [0.15, 0.2) is 48.5 Å². The third-order valence-electron chi connectivity index (χ3n) is 3.84. The molecule has 0 saturated heterocycles. The molecule has 2 aromatic carbocycles. The SMILES string of the molecule is CCOCCOc1ccccc1NC(=O)c1ccc(C(C)(C)C)cc1. The first-order valence-corrected chi connectivity index (χ1v) is 8.63. The monoisotopic (exact) mass is 341 g/mol. The molecular weight excluding hydrogens is 314 g/mol. The molecule has 4 heteroatoms. The number of para-hydroxylation sites is 2. The van der Waals surface area contributed by atoms with Crippen molar-refractivity contribution in [2.75, 3.05) is 25.1 Å². The summed E-state index contributed by atoms with van der Waals surface area (Å²) in [5.41, 5.74) is 2.54. The minimum atomic E-state index is -0.152. The predicted octanol–water partition coefficient (Wildman–Crippen LogP) is 4.65. The van der Waals surface area contributed by atoms with Crippen LogP contribution in [-0.2, 0) is 10.2 Å². The molecule has 25 heavy (non-hydrogen) atoms. The van der Waals surface area contributed by atoms with E-state index < -0.39 is 0 Å². The van der Waals surface area contributed by atoms with Gasteiger partial charge in [-0.1, -0.05) is 45.0 Å². The van der Waals surface area contributed by atoms with Gasteiger partial charge in [0.15, 0.2) is 0 Å². The van der Waals surface area contributed by atoms with Gasteiger partial charge < -0.3 is 14.8 Å². The van der Waals surface area contributed by atoms with Gasteiger partial charge in [0.25, 0.3) is 5.91 Å². The van der Waals surface area contributed by atoms with Crippen LogP contribution in [0.5, 0.6) is 5.75 Å². The second-order valence-corrected chi connectivity index (χ2v) is 6.82. The lowest BCUT2D eigenvalue weighted by Gasteiger charge is -2.19. The molecule has 0 aromatic heterocycles. The highest BCUT2D eigenvalue weighted by molar-refractivity contribution is 6.05. The fourth-order valence-corrected chi connectivity index (χ4v) is 2.37. The van der Waals surface area contributed by atoms with Crippen molar-refractivity contribution < 1.29 is 14.3 Å². The summed E-state index contributed by atoms with van der Waals surface area (Å²) >= 11 is 0. The van der Waals surface area contributed by atoms with E-state index in [0.29, 0.717) is 36.8 Å². The van der Waals surface area contributed by atoms with Crippen molar-refractivity contribution in [2.24, 2.45) is 0 Å². The fraction of sp³-hybridized carbons (Fsp3) is 0.381. The second kappa shape index (κ2) is 8.67. The van der Waals surface area contributed by atoms with Gasteiger partial charge in [-0.3, -0.25) is 4.79 Å². The van der Waals surface area contributed by atoms with Crippen LogP contribution in [0.3, 0.4) is 0 Å². The van der Waals surface area contributed by atoms with Crippen LogP contribution in [0.2, 0.25) is 0 Å². The normalized spacial score (nSPS) is 11.2. The van der Waals surface area contributed by atoms with Crippen molar-refractivity contribution in [1.29, 1.82) is 0 Å². The van der Waals surface area contributed by atoms with Crippen LogP contribution in [0, 0.1) is 0 Å².